The molecule has 0 saturated carbocycles. The molecule has 2 heterocycles. The van der Waals surface area contributed by atoms with E-state index in [1.165, 1.54) is 16.2 Å². The molecule has 1 aliphatic rings. The van der Waals surface area contributed by atoms with Crippen LogP contribution in [0, 0.1) is 6.92 Å². The summed E-state index contributed by atoms with van der Waals surface area (Å²) in [6.07, 6.45) is 0. The molecule has 29 heavy (non-hydrogen) atoms. The first kappa shape index (κ1) is 19.0. The number of benzene rings is 2. The van der Waals surface area contributed by atoms with E-state index in [2.05, 4.69) is 5.32 Å². The molecule has 0 spiro atoms. The topological polar surface area (TPSA) is 52.7 Å². The van der Waals surface area contributed by atoms with Gasteiger partial charge in [0, 0.05) is 30.3 Å². The Balaban J connectivity index is 1.74. The number of anilines is 3. The minimum absolute atomic E-state index is 0.302. The molecule has 0 aliphatic carbocycles. The van der Waals surface area contributed by atoms with E-state index < -0.39 is 0 Å². The molecule has 6 heteroatoms. The highest BCUT2D eigenvalue weighted by atomic mass is 32.1. The molecule has 1 aliphatic heterocycles. The maximum atomic E-state index is 13.3. The summed E-state index contributed by atoms with van der Waals surface area (Å²) in [4.78, 5) is 30.5. The van der Waals surface area contributed by atoms with Gasteiger partial charge in [0.15, 0.2) is 0 Å². The number of thiophene rings is 1. The molecular formula is C23H21N3O2S. The summed E-state index contributed by atoms with van der Waals surface area (Å²) in [5.41, 5.74) is 4.15. The number of amides is 2. The van der Waals surface area contributed by atoms with E-state index in [0.717, 1.165) is 21.8 Å². The molecule has 146 valence electrons. The van der Waals surface area contributed by atoms with Crippen LogP contribution in [0.4, 0.5) is 17.1 Å². The van der Waals surface area contributed by atoms with Gasteiger partial charge in [0.2, 0.25) is 0 Å². The first-order chi connectivity index (χ1) is 14.0. The minimum Gasteiger partial charge on any atom is -0.378 e. The van der Waals surface area contributed by atoms with Crippen molar-refractivity contribution in [3.05, 3.63) is 82.2 Å². The second-order valence-electron chi connectivity index (χ2n) is 7.07. The highest BCUT2D eigenvalue weighted by Crippen LogP contribution is 2.35. The predicted molar refractivity (Wildman–Crippen MR) is 119 cm³/mol. The lowest BCUT2D eigenvalue weighted by Crippen LogP contribution is -2.32. The SMILES string of the molecule is Cc1ccc(N2C(=O)C(Nc3ccc(N(C)C)cc3)=C(c3cccs3)C2=O)cc1. The third-order valence-electron chi connectivity index (χ3n) is 4.80. The monoisotopic (exact) mass is 403 g/mol. The Morgan fingerprint density at radius 2 is 1.59 bits per heavy atom. The summed E-state index contributed by atoms with van der Waals surface area (Å²) in [6, 6.07) is 18.9. The van der Waals surface area contributed by atoms with Crippen LogP contribution in [0.2, 0.25) is 0 Å². The lowest BCUT2D eigenvalue weighted by Gasteiger charge is -2.16. The van der Waals surface area contributed by atoms with Crippen LogP contribution in [0.1, 0.15) is 10.4 Å². The lowest BCUT2D eigenvalue weighted by atomic mass is 10.1. The average molecular weight is 404 g/mol. The number of imide groups is 1. The molecule has 0 radical (unpaired) electrons. The normalized spacial score (nSPS) is 14.0. The van der Waals surface area contributed by atoms with Gasteiger partial charge < -0.3 is 10.2 Å². The molecule has 3 aromatic rings. The molecule has 0 bridgehead atoms. The number of nitrogens with zero attached hydrogens (tertiary/aromatic N) is 2. The van der Waals surface area contributed by atoms with Crippen molar-refractivity contribution in [2.45, 2.75) is 6.92 Å². The largest absolute Gasteiger partial charge is 0.378 e. The smallest absolute Gasteiger partial charge is 0.282 e. The minimum atomic E-state index is -0.348. The molecule has 0 saturated heterocycles. The summed E-state index contributed by atoms with van der Waals surface area (Å²) in [6.45, 7) is 1.97. The Morgan fingerprint density at radius 1 is 0.897 bits per heavy atom. The van der Waals surface area contributed by atoms with Gasteiger partial charge in [-0.15, -0.1) is 11.3 Å². The molecular weight excluding hydrogens is 382 g/mol. The predicted octanol–water partition coefficient (Wildman–Crippen LogP) is 4.52. The third kappa shape index (κ3) is 3.54. The molecule has 0 fully saturated rings. The molecule has 4 rings (SSSR count). The highest BCUT2D eigenvalue weighted by Gasteiger charge is 2.40. The van der Waals surface area contributed by atoms with Gasteiger partial charge in [-0.3, -0.25) is 9.59 Å². The van der Waals surface area contributed by atoms with Crippen molar-refractivity contribution in [1.82, 2.24) is 0 Å². The van der Waals surface area contributed by atoms with E-state index >= 15 is 0 Å². The van der Waals surface area contributed by atoms with Crippen LogP contribution in [-0.4, -0.2) is 25.9 Å². The zero-order valence-corrected chi connectivity index (χ0v) is 17.3. The van der Waals surface area contributed by atoms with Crippen LogP contribution in [0.15, 0.2) is 71.7 Å². The quantitative estimate of drug-likeness (QED) is 0.637. The number of hydrogen-bond donors (Lipinski definition) is 1. The van der Waals surface area contributed by atoms with Crippen LogP contribution >= 0.6 is 11.3 Å². The Bertz CT molecular complexity index is 1080. The molecule has 1 N–H and O–H groups in total. The zero-order chi connectivity index (χ0) is 20.5. The number of carbonyl (C=O) groups is 2. The van der Waals surface area contributed by atoms with E-state index in [0.29, 0.717) is 17.0 Å². The van der Waals surface area contributed by atoms with Crippen molar-refractivity contribution < 1.29 is 9.59 Å². The van der Waals surface area contributed by atoms with Crippen LogP contribution in [0.3, 0.4) is 0 Å². The Morgan fingerprint density at radius 3 is 2.17 bits per heavy atom. The fraction of sp³-hybridized carbons (Fsp3) is 0.130. The highest BCUT2D eigenvalue weighted by molar-refractivity contribution is 7.11. The average Bonchev–Trinajstić information content (AvgIpc) is 3.30. The Hall–Kier alpha value is -3.38. The molecule has 2 amide bonds. The van der Waals surface area contributed by atoms with Crippen LogP contribution in [0.5, 0.6) is 0 Å². The Kier molecular flexibility index (Phi) is 4.94. The fourth-order valence-electron chi connectivity index (χ4n) is 3.21. The third-order valence-corrected chi connectivity index (χ3v) is 5.68. The summed E-state index contributed by atoms with van der Waals surface area (Å²) >= 11 is 1.44. The lowest BCUT2D eigenvalue weighted by molar-refractivity contribution is -0.120. The molecule has 2 aromatic carbocycles. The Labute approximate surface area is 173 Å². The van der Waals surface area contributed by atoms with Crippen LogP contribution in [0.25, 0.3) is 5.57 Å². The van der Waals surface area contributed by atoms with Gasteiger partial charge >= 0.3 is 0 Å². The summed E-state index contributed by atoms with van der Waals surface area (Å²) in [5.74, 6) is -0.660. The van der Waals surface area contributed by atoms with Gasteiger partial charge in [0.05, 0.1) is 11.3 Å². The zero-order valence-electron chi connectivity index (χ0n) is 16.5. The number of hydrogen-bond acceptors (Lipinski definition) is 5. The van der Waals surface area contributed by atoms with Crippen molar-refractivity contribution in [2.75, 3.05) is 29.2 Å². The van der Waals surface area contributed by atoms with E-state index in [-0.39, 0.29) is 11.8 Å². The van der Waals surface area contributed by atoms with Gasteiger partial charge in [-0.2, -0.15) is 0 Å². The summed E-state index contributed by atoms with van der Waals surface area (Å²) in [5, 5.41) is 5.09. The van der Waals surface area contributed by atoms with Crippen LogP contribution < -0.4 is 15.1 Å². The number of rotatable bonds is 5. The number of carbonyl (C=O) groups excluding carboxylic acids is 2. The molecule has 0 unspecified atom stereocenters. The maximum absolute atomic E-state index is 13.3. The van der Waals surface area contributed by atoms with E-state index in [1.54, 1.807) is 12.1 Å². The van der Waals surface area contributed by atoms with Gasteiger partial charge in [-0.25, -0.2) is 4.90 Å². The first-order valence-electron chi connectivity index (χ1n) is 9.24. The number of aryl methyl sites for hydroxylation is 1. The van der Waals surface area contributed by atoms with Crippen molar-refractivity contribution in [2.24, 2.45) is 0 Å². The maximum Gasteiger partial charge on any atom is 0.282 e. The van der Waals surface area contributed by atoms with Gasteiger partial charge in [0.1, 0.15) is 5.70 Å². The molecule has 5 nitrogen and oxygen atoms in total. The molecule has 1 aromatic heterocycles. The second kappa shape index (κ2) is 7.56. The first-order valence-corrected chi connectivity index (χ1v) is 10.1. The molecule has 0 atom stereocenters. The van der Waals surface area contributed by atoms with Crippen molar-refractivity contribution in [1.29, 1.82) is 0 Å². The van der Waals surface area contributed by atoms with Gasteiger partial charge in [0.25, 0.3) is 11.8 Å². The fourth-order valence-corrected chi connectivity index (χ4v) is 3.98. The van der Waals surface area contributed by atoms with E-state index in [4.69, 9.17) is 0 Å². The van der Waals surface area contributed by atoms with E-state index in [9.17, 15) is 9.59 Å². The number of nitrogens with one attached hydrogen (secondary N) is 1. The van der Waals surface area contributed by atoms with Crippen molar-refractivity contribution in [3.8, 4) is 0 Å². The van der Waals surface area contributed by atoms with Gasteiger partial charge in [-0.1, -0.05) is 23.8 Å². The summed E-state index contributed by atoms with van der Waals surface area (Å²) < 4.78 is 0. The van der Waals surface area contributed by atoms with Crippen molar-refractivity contribution >= 4 is 45.8 Å². The standard InChI is InChI=1S/C23H21N3O2S/c1-15-6-10-18(11-7-15)26-22(27)20(19-5-4-14-29-19)21(23(26)28)24-16-8-12-17(13-9-16)25(2)3/h4-14,24H,1-3H3. The van der Waals surface area contributed by atoms with E-state index in [1.807, 2.05) is 79.8 Å². The van der Waals surface area contributed by atoms with Crippen molar-refractivity contribution in [3.63, 3.8) is 0 Å². The van der Waals surface area contributed by atoms with Crippen LogP contribution in [-0.2, 0) is 9.59 Å². The van der Waals surface area contributed by atoms with Gasteiger partial charge in [-0.05, 0) is 54.8 Å². The summed E-state index contributed by atoms with van der Waals surface area (Å²) in [7, 11) is 3.94. The second-order valence-corrected chi connectivity index (χ2v) is 8.02.